The van der Waals surface area contributed by atoms with E-state index in [1.165, 1.54) is 12.1 Å². The summed E-state index contributed by atoms with van der Waals surface area (Å²) in [6.45, 7) is 0. The molecule has 182 valence electrons. The van der Waals surface area contributed by atoms with Gasteiger partial charge in [0.2, 0.25) is 5.91 Å². The third-order valence-electron chi connectivity index (χ3n) is 5.70. The number of halogens is 5. The number of carbonyl (C=O) groups is 2. The molecule has 0 bridgehead atoms. The maximum Gasteiger partial charge on any atom is 0.257 e. The van der Waals surface area contributed by atoms with Crippen LogP contribution >= 0.6 is 58.0 Å². The van der Waals surface area contributed by atoms with Crippen molar-refractivity contribution in [1.82, 2.24) is 0 Å². The molecule has 1 fully saturated rings. The minimum absolute atomic E-state index is 0.207. The van der Waals surface area contributed by atoms with Gasteiger partial charge in [0, 0.05) is 47.1 Å². The van der Waals surface area contributed by atoms with Gasteiger partial charge in [-0.25, -0.2) is 0 Å². The number of benzene rings is 3. The van der Waals surface area contributed by atoms with Crippen LogP contribution in [-0.2, 0) is 4.79 Å². The summed E-state index contributed by atoms with van der Waals surface area (Å²) in [5, 5.41) is 6.68. The number of nitrogens with one attached hydrogen (secondary N) is 2. The lowest BCUT2D eigenvalue weighted by Crippen LogP contribution is -2.18. The zero-order valence-electron chi connectivity index (χ0n) is 18.6. The quantitative estimate of drug-likeness (QED) is 0.302. The average molecular weight is 572 g/mol. The van der Waals surface area contributed by atoms with Gasteiger partial charge in [0.1, 0.15) is 4.33 Å². The number of anilines is 3. The van der Waals surface area contributed by atoms with E-state index in [0.717, 1.165) is 5.69 Å². The molecule has 2 amide bonds. The van der Waals surface area contributed by atoms with Crippen LogP contribution in [0.2, 0.25) is 15.1 Å². The summed E-state index contributed by atoms with van der Waals surface area (Å²) in [7, 11) is 3.86. The molecule has 0 unspecified atom stereocenters. The molecule has 0 heterocycles. The van der Waals surface area contributed by atoms with E-state index in [1.54, 1.807) is 36.4 Å². The van der Waals surface area contributed by atoms with Gasteiger partial charge in [0.15, 0.2) is 0 Å². The first-order valence-electron chi connectivity index (χ1n) is 10.5. The summed E-state index contributed by atoms with van der Waals surface area (Å²) in [5.41, 5.74) is 2.87. The molecule has 3 aromatic rings. The van der Waals surface area contributed by atoms with Crippen molar-refractivity contribution >= 4 is 86.9 Å². The lowest BCUT2D eigenvalue weighted by atomic mass is 10.1. The minimum Gasteiger partial charge on any atom is -0.378 e. The zero-order chi connectivity index (χ0) is 25.5. The van der Waals surface area contributed by atoms with Crippen LogP contribution in [0.4, 0.5) is 17.1 Å². The van der Waals surface area contributed by atoms with Gasteiger partial charge in [-0.1, -0.05) is 34.8 Å². The molecule has 10 heteroatoms. The number of amides is 2. The van der Waals surface area contributed by atoms with Crippen LogP contribution in [0.15, 0.2) is 60.7 Å². The molecule has 5 nitrogen and oxygen atoms in total. The molecule has 0 radical (unpaired) electrons. The first kappa shape index (κ1) is 25.9. The van der Waals surface area contributed by atoms with Gasteiger partial charge < -0.3 is 15.5 Å². The molecule has 1 aliphatic rings. The van der Waals surface area contributed by atoms with Crippen LogP contribution < -0.4 is 15.5 Å². The Morgan fingerprint density at radius 1 is 0.829 bits per heavy atom. The molecule has 0 spiro atoms. The van der Waals surface area contributed by atoms with Crippen molar-refractivity contribution in [2.75, 3.05) is 29.6 Å². The molecule has 1 saturated carbocycles. The van der Waals surface area contributed by atoms with Crippen LogP contribution in [0, 0.1) is 5.92 Å². The highest BCUT2D eigenvalue weighted by Crippen LogP contribution is 2.65. The fraction of sp³-hybridized carbons (Fsp3) is 0.200. The number of hydrogen-bond donors (Lipinski definition) is 2. The van der Waals surface area contributed by atoms with Gasteiger partial charge in [-0.3, -0.25) is 9.59 Å². The Balaban J connectivity index is 1.48. The van der Waals surface area contributed by atoms with Gasteiger partial charge in [0.25, 0.3) is 5.91 Å². The van der Waals surface area contributed by atoms with Crippen molar-refractivity contribution in [2.24, 2.45) is 5.92 Å². The molecule has 2 N–H and O–H groups in total. The lowest BCUT2D eigenvalue weighted by molar-refractivity contribution is -0.117. The third kappa shape index (κ3) is 5.65. The second-order valence-electron chi connectivity index (χ2n) is 8.41. The third-order valence-corrected chi connectivity index (χ3v) is 7.41. The molecular weight excluding hydrogens is 552 g/mol. The van der Waals surface area contributed by atoms with E-state index in [2.05, 4.69) is 10.6 Å². The van der Waals surface area contributed by atoms with Gasteiger partial charge in [-0.2, -0.15) is 0 Å². The van der Waals surface area contributed by atoms with Gasteiger partial charge in [0.05, 0.1) is 16.5 Å². The summed E-state index contributed by atoms with van der Waals surface area (Å²) in [6.07, 6.45) is 0. The lowest BCUT2D eigenvalue weighted by Gasteiger charge is -2.13. The monoisotopic (exact) mass is 569 g/mol. The van der Waals surface area contributed by atoms with Gasteiger partial charge in [-0.15, -0.1) is 23.2 Å². The largest absolute Gasteiger partial charge is 0.378 e. The zero-order valence-corrected chi connectivity index (χ0v) is 22.4. The van der Waals surface area contributed by atoms with Crippen molar-refractivity contribution in [3.05, 3.63) is 86.9 Å². The molecule has 1 aliphatic carbocycles. The Hall–Kier alpha value is -2.15. The Bertz CT molecular complexity index is 1270. The Morgan fingerprint density at radius 2 is 1.43 bits per heavy atom. The van der Waals surface area contributed by atoms with Crippen LogP contribution in [0.5, 0.6) is 0 Å². The summed E-state index contributed by atoms with van der Waals surface area (Å²) in [6, 6.07) is 17.0. The van der Waals surface area contributed by atoms with Crippen LogP contribution in [-0.4, -0.2) is 30.2 Å². The fourth-order valence-electron chi connectivity index (χ4n) is 3.86. The summed E-state index contributed by atoms with van der Waals surface area (Å²) >= 11 is 31.3. The van der Waals surface area contributed by atoms with E-state index in [1.807, 2.05) is 31.1 Å². The van der Waals surface area contributed by atoms with Crippen molar-refractivity contribution in [3.63, 3.8) is 0 Å². The summed E-state index contributed by atoms with van der Waals surface area (Å²) < 4.78 is -1.32. The van der Waals surface area contributed by atoms with Crippen LogP contribution in [0.1, 0.15) is 21.8 Å². The topological polar surface area (TPSA) is 61.4 Å². The number of hydrogen-bond acceptors (Lipinski definition) is 3. The van der Waals surface area contributed by atoms with Gasteiger partial charge >= 0.3 is 0 Å². The fourth-order valence-corrected chi connectivity index (χ4v) is 5.44. The van der Waals surface area contributed by atoms with Crippen LogP contribution in [0.3, 0.4) is 0 Å². The molecule has 3 aromatic carbocycles. The summed E-state index contributed by atoms with van der Waals surface area (Å²) in [4.78, 5) is 27.8. The Morgan fingerprint density at radius 3 is 2.03 bits per heavy atom. The predicted octanol–water partition coefficient (Wildman–Crippen LogP) is 7.49. The maximum atomic E-state index is 13.0. The van der Waals surface area contributed by atoms with Gasteiger partial charge in [-0.05, 0) is 66.2 Å². The first-order chi connectivity index (χ1) is 16.5. The van der Waals surface area contributed by atoms with E-state index < -0.39 is 28.0 Å². The minimum atomic E-state index is -1.32. The van der Waals surface area contributed by atoms with E-state index in [4.69, 9.17) is 58.0 Å². The Labute approximate surface area is 228 Å². The molecule has 35 heavy (non-hydrogen) atoms. The number of nitrogens with zero attached hydrogens (tertiary/aromatic N) is 1. The number of rotatable bonds is 6. The van der Waals surface area contributed by atoms with E-state index in [0.29, 0.717) is 27.0 Å². The second-order valence-corrected chi connectivity index (χ2v) is 11.1. The second kappa shape index (κ2) is 10.1. The van der Waals surface area contributed by atoms with E-state index in [-0.39, 0.29) is 10.6 Å². The van der Waals surface area contributed by atoms with Crippen molar-refractivity contribution in [2.45, 2.75) is 10.3 Å². The SMILES string of the molecule is CN(C)c1ccc(NC(=O)c2cc(NC(=O)[C@@H]3[C@@H](c4cc(Cl)cc(Cl)c4)C3(Cl)Cl)ccc2Cl)cc1. The van der Waals surface area contributed by atoms with Crippen molar-refractivity contribution < 1.29 is 9.59 Å². The normalized spacial score (nSPS) is 18.0. The molecule has 0 aromatic heterocycles. The molecule has 0 saturated heterocycles. The maximum absolute atomic E-state index is 13.0. The highest BCUT2D eigenvalue weighted by molar-refractivity contribution is 6.53. The number of alkyl halides is 2. The number of carbonyl (C=O) groups excluding carboxylic acids is 2. The standard InChI is InChI=1S/C25H20Cl5N3O2/c1-33(2)18-6-3-16(4-7-18)31-23(34)19-12-17(5-8-20(19)28)32-24(35)22-21(25(22,29)30)13-9-14(26)11-15(27)10-13/h3-12,21-22H,1-2H3,(H,31,34)(H,32,35)/t21-,22+/m1/s1. The first-order valence-corrected chi connectivity index (χ1v) is 12.4. The predicted molar refractivity (Wildman–Crippen MR) is 146 cm³/mol. The highest BCUT2D eigenvalue weighted by atomic mass is 35.5. The molecule has 2 atom stereocenters. The molecular formula is C25H20Cl5N3O2. The van der Waals surface area contributed by atoms with E-state index >= 15 is 0 Å². The molecule has 0 aliphatic heterocycles. The van der Waals surface area contributed by atoms with E-state index in [9.17, 15) is 9.59 Å². The smallest absolute Gasteiger partial charge is 0.257 e. The highest BCUT2D eigenvalue weighted by Gasteiger charge is 2.67. The van der Waals surface area contributed by atoms with Crippen molar-refractivity contribution in [1.29, 1.82) is 0 Å². The van der Waals surface area contributed by atoms with Crippen LogP contribution in [0.25, 0.3) is 0 Å². The molecule has 4 rings (SSSR count). The average Bonchev–Trinajstić information content (AvgIpc) is 3.36. The van der Waals surface area contributed by atoms with Crippen molar-refractivity contribution in [3.8, 4) is 0 Å². The Kier molecular flexibility index (Phi) is 7.46. The summed E-state index contributed by atoms with van der Waals surface area (Å²) in [5.74, 6) is -2.03.